The van der Waals surface area contributed by atoms with Crippen LogP contribution in [0.2, 0.25) is 0 Å². The van der Waals surface area contributed by atoms with Crippen molar-refractivity contribution in [2.24, 2.45) is 5.92 Å². The monoisotopic (exact) mass is 308 g/mol. The molecule has 2 heterocycles. The Labute approximate surface area is 137 Å². The van der Waals surface area contributed by atoms with E-state index < -0.39 is 0 Å². The zero-order chi connectivity index (χ0) is 15.8. The van der Waals surface area contributed by atoms with Crippen molar-refractivity contribution in [1.29, 1.82) is 0 Å². The third kappa shape index (κ3) is 2.74. The highest BCUT2D eigenvalue weighted by Crippen LogP contribution is 2.29. The largest absolute Gasteiger partial charge is 0.312 e. The molecule has 1 N–H and O–H groups in total. The van der Waals surface area contributed by atoms with Crippen LogP contribution in [-0.2, 0) is 19.5 Å². The van der Waals surface area contributed by atoms with Crippen molar-refractivity contribution in [3.05, 3.63) is 57.5 Å². The van der Waals surface area contributed by atoms with E-state index >= 15 is 0 Å². The molecule has 1 saturated carbocycles. The molecule has 2 aliphatic rings. The van der Waals surface area contributed by atoms with E-state index in [1.165, 1.54) is 36.1 Å². The minimum absolute atomic E-state index is 0.197. The second kappa shape index (κ2) is 5.97. The van der Waals surface area contributed by atoms with Crippen molar-refractivity contribution in [2.75, 3.05) is 6.54 Å². The van der Waals surface area contributed by atoms with Gasteiger partial charge in [0.15, 0.2) is 0 Å². The summed E-state index contributed by atoms with van der Waals surface area (Å²) in [4.78, 5) is 13.2. The van der Waals surface area contributed by atoms with Gasteiger partial charge in [0.2, 0.25) is 0 Å². The summed E-state index contributed by atoms with van der Waals surface area (Å²) in [6.45, 7) is 4.83. The van der Waals surface area contributed by atoms with Gasteiger partial charge in [-0.3, -0.25) is 4.79 Å². The lowest BCUT2D eigenvalue weighted by atomic mass is 9.85. The molecule has 0 amide bonds. The first-order valence-electron chi connectivity index (χ1n) is 8.76. The fourth-order valence-corrected chi connectivity index (χ4v) is 3.79. The van der Waals surface area contributed by atoms with Crippen LogP contribution >= 0.6 is 0 Å². The molecule has 2 aromatic rings. The highest BCUT2D eigenvalue weighted by atomic mass is 16.1. The molecule has 3 nitrogen and oxygen atoms in total. The van der Waals surface area contributed by atoms with Crippen molar-refractivity contribution >= 4 is 0 Å². The molecule has 0 spiro atoms. The lowest BCUT2D eigenvalue weighted by Gasteiger charge is -2.30. The molecule has 120 valence electrons. The summed E-state index contributed by atoms with van der Waals surface area (Å²) in [5, 5.41) is 3.44. The summed E-state index contributed by atoms with van der Waals surface area (Å²) < 4.78 is 2.09. The smallest absolute Gasteiger partial charge is 0.258 e. The first-order chi connectivity index (χ1) is 11.2. The minimum Gasteiger partial charge on any atom is -0.312 e. The van der Waals surface area contributed by atoms with Crippen LogP contribution in [0.3, 0.4) is 0 Å². The Bertz CT molecular complexity index is 787. The van der Waals surface area contributed by atoms with Gasteiger partial charge in [-0.15, -0.1) is 0 Å². The standard InChI is InChI=1S/C20H24N2O/c1-14-4-2-7-16(10-14)18-11-17-12-21-9-8-19(17)22(20(18)23)13-15-5-3-6-15/h2,4,7,10-11,15,21H,3,5-6,8-9,12-13H2,1H3. The minimum atomic E-state index is 0.197. The summed E-state index contributed by atoms with van der Waals surface area (Å²) in [5.41, 5.74) is 5.86. The van der Waals surface area contributed by atoms with Crippen LogP contribution in [0, 0.1) is 12.8 Å². The lowest BCUT2D eigenvalue weighted by Crippen LogP contribution is -2.36. The number of hydrogen-bond acceptors (Lipinski definition) is 2. The molecule has 3 heteroatoms. The topological polar surface area (TPSA) is 34.0 Å². The summed E-state index contributed by atoms with van der Waals surface area (Å²) in [6.07, 6.45) is 4.83. The summed E-state index contributed by atoms with van der Waals surface area (Å²) in [6, 6.07) is 10.4. The van der Waals surface area contributed by atoms with E-state index in [1.54, 1.807) is 0 Å². The van der Waals surface area contributed by atoms with E-state index in [-0.39, 0.29) is 5.56 Å². The molecule has 23 heavy (non-hydrogen) atoms. The Morgan fingerprint density at radius 1 is 1.26 bits per heavy atom. The highest BCUT2D eigenvalue weighted by Gasteiger charge is 2.23. The van der Waals surface area contributed by atoms with Gasteiger partial charge < -0.3 is 9.88 Å². The predicted molar refractivity (Wildman–Crippen MR) is 93.6 cm³/mol. The molecule has 1 aromatic heterocycles. The molecule has 0 bridgehead atoms. The molecule has 0 unspecified atom stereocenters. The molecule has 1 aliphatic carbocycles. The van der Waals surface area contributed by atoms with E-state index in [0.29, 0.717) is 5.92 Å². The Morgan fingerprint density at radius 2 is 2.13 bits per heavy atom. The Hall–Kier alpha value is -1.87. The molecule has 1 fully saturated rings. The van der Waals surface area contributed by atoms with Gasteiger partial charge in [0.25, 0.3) is 5.56 Å². The highest BCUT2D eigenvalue weighted by molar-refractivity contribution is 5.64. The van der Waals surface area contributed by atoms with Crippen molar-refractivity contribution < 1.29 is 0 Å². The number of aryl methyl sites for hydroxylation is 1. The van der Waals surface area contributed by atoms with Crippen molar-refractivity contribution in [3.63, 3.8) is 0 Å². The van der Waals surface area contributed by atoms with Crippen molar-refractivity contribution in [2.45, 2.75) is 45.7 Å². The number of aromatic nitrogens is 1. The van der Waals surface area contributed by atoms with Crippen LogP contribution in [0.25, 0.3) is 11.1 Å². The first-order valence-corrected chi connectivity index (χ1v) is 8.76. The van der Waals surface area contributed by atoms with Gasteiger partial charge >= 0.3 is 0 Å². The van der Waals surface area contributed by atoms with Gasteiger partial charge in [0, 0.05) is 37.3 Å². The van der Waals surface area contributed by atoms with Crippen LogP contribution < -0.4 is 10.9 Å². The maximum Gasteiger partial charge on any atom is 0.258 e. The number of benzene rings is 1. The van der Waals surface area contributed by atoms with Gasteiger partial charge in [0.1, 0.15) is 0 Å². The second-order valence-corrected chi connectivity index (χ2v) is 7.04. The third-order valence-electron chi connectivity index (χ3n) is 5.34. The Kier molecular flexibility index (Phi) is 3.82. The third-order valence-corrected chi connectivity index (χ3v) is 5.34. The van der Waals surface area contributed by atoms with Crippen LogP contribution in [0.1, 0.15) is 36.1 Å². The Balaban J connectivity index is 1.86. The fraction of sp³-hybridized carbons (Fsp3) is 0.450. The van der Waals surface area contributed by atoms with Gasteiger partial charge in [-0.2, -0.15) is 0 Å². The van der Waals surface area contributed by atoms with Crippen LogP contribution in [0.4, 0.5) is 0 Å². The molecule has 0 atom stereocenters. The number of hydrogen-bond donors (Lipinski definition) is 1. The quantitative estimate of drug-likeness (QED) is 0.944. The van der Waals surface area contributed by atoms with Gasteiger partial charge in [-0.25, -0.2) is 0 Å². The zero-order valence-electron chi connectivity index (χ0n) is 13.8. The average molecular weight is 308 g/mol. The molecule has 0 saturated heterocycles. The molecular weight excluding hydrogens is 284 g/mol. The fourth-order valence-electron chi connectivity index (χ4n) is 3.79. The summed E-state index contributed by atoms with van der Waals surface area (Å²) in [5.74, 6) is 0.694. The SMILES string of the molecule is Cc1cccc(-c2cc3c(n(CC4CCC4)c2=O)CCNC3)c1. The van der Waals surface area contributed by atoms with Crippen LogP contribution in [0.15, 0.2) is 35.1 Å². The number of fused-ring (bicyclic) bond motifs is 1. The number of pyridine rings is 1. The molecular formula is C20H24N2O. The summed E-state index contributed by atoms with van der Waals surface area (Å²) in [7, 11) is 0. The van der Waals surface area contributed by atoms with Gasteiger partial charge in [-0.05, 0) is 42.9 Å². The van der Waals surface area contributed by atoms with E-state index in [2.05, 4.69) is 41.1 Å². The van der Waals surface area contributed by atoms with Crippen molar-refractivity contribution in [1.82, 2.24) is 9.88 Å². The van der Waals surface area contributed by atoms with Gasteiger partial charge in [-0.1, -0.05) is 36.2 Å². The van der Waals surface area contributed by atoms with E-state index in [0.717, 1.165) is 37.2 Å². The first kappa shape index (κ1) is 14.7. The van der Waals surface area contributed by atoms with Crippen molar-refractivity contribution in [3.8, 4) is 11.1 Å². The summed E-state index contributed by atoms with van der Waals surface area (Å²) >= 11 is 0. The number of rotatable bonds is 3. The Morgan fingerprint density at radius 3 is 2.87 bits per heavy atom. The van der Waals surface area contributed by atoms with E-state index in [1.807, 2.05) is 6.07 Å². The lowest BCUT2D eigenvalue weighted by molar-refractivity contribution is 0.269. The molecule has 4 rings (SSSR count). The molecule has 1 aliphatic heterocycles. The predicted octanol–water partition coefficient (Wildman–Crippen LogP) is 3.27. The molecule has 0 radical (unpaired) electrons. The molecule has 1 aromatic carbocycles. The number of nitrogens with zero attached hydrogens (tertiary/aromatic N) is 1. The number of nitrogens with one attached hydrogen (secondary N) is 1. The van der Waals surface area contributed by atoms with Gasteiger partial charge in [0.05, 0.1) is 0 Å². The maximum absolute atomic E-state index is 13.2. The van der Waals surface area contributed by atoms with E-state index in [4.69, 9.17) is 0 Å². The maximum atomic E-state index is 13.2. The van der Waals surface area contributed by atoms with E-state index in [9.17, 15) is 4.79 Å². The normalized spacial score (nSPS) is 17.6. The average Bonchev–Trinajstić information content (AvgIpc) is 2.52. The second-order valence-electron chi connectivity index (χ2n) is 7.04. The van der Waals surface area contributed by atoms with Crippen LogP contribution in [0.5, 0.6) is 0 Å². The zero-order valence-corrected chi connectivity index (χ0v) is 13.8. The van der Waals surface area contributed by atoms with Crippen LogP contribution in [-0.4, -0.2) is 11.1 Å².